The zero-order chi connectivity index (χ0) is 62.6. The lowest BCUT2D eigenvalue weighted by Gasteiger charge is -2.24. The quantitative estimate of drug-likeness (QED) is 0.0211. The molecule has 2 atom stereocenters. The predicted molar refractivity (Wildman–Crippen MR) is 371 cm³/mol. The Balaban J connectivity index is 4.01. The van der Waals surface area contributed by atoms with E-state index in [0.29, 0.717) is 17.4 Å². The van der Waals surface area contributed by atoms with Gasteiger partial charge >= 0.3 is 19.8 Å². The van der Waals surface area contributed by atoms with Crippen molar-refractivity contribution in [2.24, 2.45) is 0 Å². The number of allylic oxidation sites excluding steroid dienone is 18. The molecule has 0 heterocycles. The van der Waals surface area contributed by atoms with Crippen LogP contribution in [0.4, 0.5) is 0 Å². The number of phosphoric ester groups is 1. The van der Waals surface area contributed by atoms with Gasteiger partial charge in [-0.05, 0) is 96.3 Å². The van der Waals surface area contributed by atoms with E-state index in [2.05, 4.69) is 123 Å². The molecule has 0 aliphatic carbocycles. The summed E-state index contributed by atoms with van der Waals surface area (Å²) in [6.45, 7) is 4.24. The van der Waals surface area contributed by atoms with Crippen molar-refractivity contribution in [3.63, 3.8) is 0 Å². The van der Waals surface area contributed by atoms with Gasteiger partial charge in [-0.2, -0.15) is 0 Å². The molecule has 0 saturated carbocycles. The van der Waals surface area contributed by atoms with Gasteiger partial charge in [0.15, 0.2) is 6.10 Å². The van der Waals surface area contributed by atoms with E-state index in [1.54, 1.807) is 0 Å². The largest absolute Gasteiger partial charge is 0.472 e. The topological polar surface area (TPSA) is 108 Å². The minimum absolute atomic E-state index is 0.0296. The fourth-order valence-corrected chi connectivity index (χ4v) is 10.7. The number of hydrogen-bond acceptors (Lipinski definition) is 7. The molecule has 0 aromatic carbocycles. The minimum atomic E-state index is -4.40. The normalized spacial score (nSPS) is 13.8. The van der Waals surface area contributed by atoms with Gasteiger partial charge in [-0.3, -0.25) is 18.6 Å². The van der Waals surface area contributed by atoms with Gasteiger partial charge in [0.2, 0.25) is 0 Å². The lowest BCUT2D eigenvalue weighted by Crippen LogP contribution is -2.37. The molecule has 9 nitrogen and oxygen atoms in total. The third-order valence-electron chi connectivity index (χ3n) is 15.3. The first-order valence-corrected chi connectivity index (χ1v) is 37.1. The standard InChI is InChI=1S/C76H134NO8P/c1-6-8-10-12-14-16-18-20-22-24-26-28-30-32-34-35-36-37-38-39-40-41-43-45-47-49-51-53-55-57-59-61-63-65-67-69-76(79)85-74(73-84-86(80,81)83-71-70-77(3,4)5)72-82-75(78)68-66-64-62-60-58-56-54-52-50-48-46-44-42-33-31-29-27-25-23-21-19-17-15-13-11-9-7-2/h8-11,14-17,20-23,26-29,32,34,74H,6-7,12-13,18-19,24-25,30-31,33,35-73H2,1-5H3/p+1/b10-8-,11-9-,16-14-,17-15-,22-20-,23-21-,28-26-,29-27-,34-32-. The van der Waals surface area contributed by atoms with Gasteiger partial charge in [-0.25, -0.2) is 4.57 Å². The van der Waals surface area contributed by atoms with Crippen LogP contribution in [0.1, 0.15) is 309 Å². The van der Waals surface area contributed by atoms with Gasteiger partial charge in [0.05, 0.1) is 27.7 Å². The summed E-state index contributed by atoms with van der Waals surface area (Å²) in [5.74, 6) is -0.789. The van der Waals surface area contributed by atoms with Crippen LogP contribution in [0.2, 0.25) is 0 Å². The summed E-state index contributed by atoms with van der Waals surface area (Å²) < 4.78 is 34.8. The molecule has 0 saturated heterocycles. The van der Waals surface area contributed by atoms with Crippen LogP contribution in [0, 0.1) is 0 Å². The van der Waals surface area contributed by atoms with E-state index in [-0.39, 0.29) is 32.0 Å². The molecule has 0 radical (unpaired) electrons. The van der Waals surface area contributed by atoms with Crippen molar-refractivity contribution in [1.29, 1.82) is 0 Å². The first-order valence-electron chi connectivity index (χ1n) is 35.6. The summed E-state index contributed by atoms with van der Waals surface area (Å²) in [5.41, 5.74) is 0. The first-order chi connectivity index (χ1) is 42.0. The van der Waals surface area contributed by atoms with E-state index >= 15 is 0 Å². The summed E-state index contributed by atoms with van der Waals surface area (Å²) in [6, 6.07) is 0. The highest BCUT2D eigenvalue weighted by Gasteiger charge is 2.27. The number of hydrogen-bond donors (Lipinski definition) is 1. The van der Waals surface area contributed by atoms with Crippen molar-refractivity contribution >= 4 is 19.8 Å². The Hall–Kier alpha value is -3.33. The zero-order valence-electron chi connectivity index (χ0n) is 56.5. The van der Waals surface area contributed by atoms with Crippen LogP contribution in [0.15, 0.2) is 109 Å². The Morgan fingerprint density at radius 3 is 0.930 bits per heavy atom. The third-order valence-corrected chi connectivity index (χ3v) is 16.3. The van der Waals surface area contributed by atoms with Crippen molar-refractivity contribution in [1.82, 2.24) is 0 Å². The third kappa shape index (κ3) is 69.8. The molecular formula is C76H135NO8P+. The van der Waals surface area contributed by atoms with Gasteiger partial charge in [0.25, 0.3) is 0 Å². The summed E-state index contributed by atoms with van der Waals surface area (Å²) in [4.78, 5) is 35.9. The highest BCUT2D eigenvalue weighted by atomic mass is 31.2. The monoisotopic (exact) mass is 1220 g/mol. The predicted octanol–water partition coefficient (Wildman–Crippen LogP) is 23.3. The molecule has 0 amide bonds. The number of unbranched alkanes of at least 4 members (excludes halogenated alkanes) is 33. The highest BCUT2D eigenvalue weighted by molar-refractivity contribution is 7.47. The average molecular weight is 1220 g/mol. The number of nitrogens with zero attached hydrogens (tertiary/aromatic N) is 1. The Morgan fingerprint density at radius 2 is 0.628 bits per heavy atom. The van der Waals surface area contributed by atoms with Crippen LogP contribution in [0.25, 0.3) is 0 Å². The second kappa shape index (κ2) is 66.1. The smallest absolute Gasteiger partial charge is 0.462 e. The van der Waals surface area contributed by atoms with Crippen LogP contribution in [-0.2, 0) is 32.7 Å². The summed E-state index contributed by atoms with van der Waals surface area (Å²) in [5, 5.41) is 0. The van der Waals surface area contributed by atoms with Crippen LogP contribution in [0.5, 0.6) is 0 Å². The molecule has 0 aliphatic rings. The SMILES string of the molecule is CC/C=C\C/C=C\C/C=C\C/C=C\C/C=C\CCCCCCCCCCCCCCCCCCCCCC(=O)OC(COC(=O)CCCCCCCCCCCCCCCC/C=C\C/C=C\C/C=C\C/C=C\CC)COP(=O)(O)OCC[N+](C)(C)C. The Kier molecular flexibility index (Phi) is 63.5. The van der Waals surface area contributed by atoms with Crippen molar-refractivity contribution < 1.29 is 42.1 Å². The van der Waals surface area contributed by atoms with E-state index in [0.717, 1.165) is 89.9 Å². The van der Waals surface area contributed by atoms with Gasteiger partial charge < -0.3 is 18.9 Å². The number of carbonyl (C=O) groups excluding carboxylic acids is 2. The van der Waals surface area contributed by atoms with E-state index < -0.39 is 26.5 Å². The Morgan fingerprint density at radius 1 is 0.360 bits per heavy atom. The molecule has 496 valence electrons. The second-order valence-electron chi connectivity index (χ2n) is 24.9. The van der Waals surface area contributed by atoms with Crippen molar-refractivity contribution in [2.45, 2.75) is 315 Å². The molecule has 1 N–H and O–H groups in total. The maximum absolute atomic E-state index is 12.9. The lowest BCUT2D eigenvalue weighted by atomic mass is 10.0. The van der Waals surface area contributed by atoms with Crippen LogP contribution < -0.4 is 0 Å². The number of likely N-dealkylation sites (N-methyl/N-ethyl adjacent to an activating group) is 1. The van der Waals surface area contributed by atoms with E-state index in [4.69, 9.17) is 18.5 Å². The van der Waals surface area contributed by atoms with Gasteiger partial charge in [0, 0.05) is 12.8 Å². The zero-order valence-corrected chi connectivity index (χ0v) is 57.4. The molecule has 86 heavy (non-hydrogen) atoms. The van der Waals surface area contributed by atoms with Gasteiger partial charge in [0.1, 0.15) is 19.8 Å². The fraction of sp³-hybridized carbons (Fsp3) is 0.737. The first kappa shape index (κ1) is 82.7. The molecule has 0 rings (SSSR count). The molecule has 0 aliphatic heterocycles. The number of phosphoric acid groups is 1. The molecule has 0 aromatic rings. The summed E-state index contributed by atoms with van der Waals surface area (Å²) in [7, 11) is 1.48. The molecule has 0 aromatic heterocycles. The molecule has 0 bridgehead atoms. The molecule has 0 fully saturated rings. The van der Waals surface area contributed by atoms with Crippen LogP contribution in [-0.4, -0.2) is 74.9 Å². The minimum Gasteiger partial charge on any atom is -0.462 e. The molecular weight excluding hydrogens is 1090 g/mol. The van der Waals surface area contributed by atoms with Crippen LogP contribution >= 0.6 is 7.82 Å². The molecule has 2 unspecified atom stereocenters. The van der Waals surface area contributed by atoms with Crippen molar-refractivity contribution in [3.05, 3.63) is 109 Å². The lowest BCUT2D eigenvalue weighted by molar-refractivity contribution is -0.870. The number of rotatable bonds is 65. The van der Waals surface area contributed by atoms with E-state index in [1.807, 2.05) is 21.1 Å². The molecule has 0 spiro atoms. The maximum atomic E-state index is 12.9. The maximum Gasteiger partial charge on any atom is 0.472 e. The van der Waals surface area contributed by atoms with E-state index in [1.165, 1.54) is 186 Å². The summed E-state index contributed by atoms with van der Waals surface area (Å²) >= 11 is 0. The van der Waals surface area contributed by atoms with Crippen LogP contribution in [0.3, 0.4) is 0 Å². The van der Waals surface area contributed by atoms with Gasteiger partial charge in [-0.1, -0.05) is 309 Å². The average Bonchev–Trinajstić information content (AvgIpc) is 3.56. The second-order valence-corrected chi connectivity index (χ2v) is 26.3. The highest BCUT2D eigenvalue weighted by Crippen LogP contribution is 2.43. The van der Waals surface area contributed by atoms with Crippen molar-refractivity contribution in [2.75, 3.05) is 47.5 Å². The van der Waals surface area contributed by atoms with Crippen molar-refractivity contribution in [3.8, 4) is 0 Å². The Bertz CT molecular complexity index is 1820. The fourth-order valence-electron chi connectivity index (χ4n) is 9.92. The summed E-state index contributed by atoms with van der Waals surface area (Å²) in [6.07, 6.45) is 93.4. The van der Waals surface area contributed by atoms with Gasteiger partial charge in [-0.15, -0.1) is 0 Å². The number of esters is 2. The number of quaternary nitrogens is 1. The number of carbonyl (C=O) groups is 2. The number of ether oxygens (including phenoxy) is 2. The molecule has 10 heteroatoms. The Labute approximate surface area is 531 Å². The van der Waals surface area contributed by atoms with E-state index in [9.17, 15) is 19.0 Å².